The summed E-state index contributed by atoms with van der Waals surface area (Å²) in [6.45, 7) is 4.04. The molecule has 0 aliphatic carbocycles. The number of hydrogen-bond donors (Lipinski definition) is 1. The van der Waals surface area contributed by atoms with E-state index in [1.807, 2.05) is 0 Å². The highest BCUT2D eigenvalue weighted by Gasteiger charge is 2.53. The Bertz CT molecular complexity index is 1210. The Kier molecular flexibility index (Phi) is 9.95. The molecule has 2 heterocycles. The summed E-state index contributed by atoms with van der Waals surface area (Å²) in [7, 11) is 0. The lowest BCUT2D eigenvalue weighted by Gasteiger charge is -2.43. The van der Waals surface area contributed by atoms with Gasteiger partial charge in [-0.2, -0.15) is 0 Å². The number of Topliss-reactive ketones (excluding diaryl/α,β-unsaturated/α-hetero) is 1. The van der Waals surface area contributed by atoms with Crippen LogP contribution < -0.4 is 4.74 Å². The Labute approximate surface area is 226 Å². The molecule has 0 spiro atoms. The molecular weight excluding hydrogens is 538 g/mol. The lowest BCUT2D eigenvalue weighted by Crippen LogP contribution is -2.63. The van der Waals surface area contributed by atoms with Crippen LogP contribution in [-0.4, -0.2) is 77.1 Å². The molecule has 14 heteroatoms. The summed E-state index contributed by atoms with van der Waals surface area (Å²) in [5.41, 5.74) is 2.17. The number of carbonyl (C=O) groups is 5. The molecule has 0 unspecified atom stereocenters. The molecule has 2 aromatic rings. The zero-order chi connectivity index (χ0) is 28.7. The van der Waals surface area contributed by atoms with Gasteiger partial charge in [-0.25, -0.2) is 4.98 Å². The number of esters is 4. The third-order valence-corrected chi connectivity index (χ3v) is 5.93. The van der Waals surface area contributed by atoms with Gasteiger partial charge in [0.05, 0.1) is 23.2 Å². The zero-order valence-corrected chi connectivity index (χ0v) is 22.3. The smallest absolute Gasteiger partial charge is 0.303 e. The molecule has 1 aliphatic heterocycles. The topological polar surface area (TPSA) is 174 Å². The highest BCUT2D eigenvalue weighted by atomic mass is 32.1. The van der Waals surface area contributed by atoms with E-state index in [1.54, 1.807) is 10.9 Å². The number of thiazole rings is 1. The molecule has 0 saturated carbocycles. The quantitative estimate of drug-likeness (QED) is 0.251. The van der Waals surface area contributed by atoms with Gasteiger partial charge in [0.2, 0.25) is 12.4 Å². The van der Waals surface area contributed by atoms with E-state index < -0.39 is 66.9 Å². The second kappa shape index (κ2) is 13.2. The standard InChI is InChI=1S/C25H27NO12S/c1-12(27)33-9-21-22(34-13(2)28)23(35-14(3)29)24(36-15(4)30)25(38-21)37-17-5-6-18(20(32)8-17)19(31)7-16-10-39-11-26-16/h5-6,8,10-11,21-25,32H,7,9H2,1-4H3/t21-,22+,23+,24+,25-/m1/s1. The molecule has 3 rings (SSSR count). The highest BCUT2D eigenvalue weighted by Crippen LogP contribution is 2.32. The van der Waals surface area contributed by atoms with Gasteiger partial charge in [0.1, 0.15) is 24.2 Å². The third-order valence-electron chi connectivity index (χ3n) is 5.30. The van der Waals surface area contributed by atoms with Crippen LogP contribution in [0.15, 0.2) is 29.1 Å². The van der Waals surface area contributed by atoms with Crippen molar-refractivity contribution in [1.29, 1.82) is 0 Å². The van der Waals surface area contributed by atoms with Gasteiger partial charge in [-0.3, -0.25) is 24.0 Å². The summed E-state index contributed by atoms with van der Waals surface area (Å²) in [6.07, 6.45) is -6.90. The van der Waals surface area contributed by atoms with Gasteiger partial charge >= 0.3 is 23.9 Å². The Balaban J connectivity index is 1.91. The number of benzene rings is 1. The van der Waals surface area contributed by atoms with E-state index in [0.717, 1.165) is 33.8 Å². The summed E-state index contributed by atoms with van der Waals surface area (Å²) in [5.74, 6) is -3.78. The number of nitrogens with zero attached hydrogens (tertiary/aromatic N) is 1. The Morgan fingerprint density at radius 3 is 2.13 bits per heavy atom. The maximum Gasteiger partial charge on any atom is 0.303 e. The minimum absolute atomic E-state index is 0.00129. The molecule has 1 aromatic carbocycles. The fraction of sp³-hybridized carbons (Fsp3) is 0.440. The third kappa shape index (κ3) is 8.22. The fourth-order valence-electron chi connectivity index (χ4n) is 3.82. The van der Waals surface area contributed by atoms with Crippen LogP contribution in [0.5, 0.6) is 11.5 Å². The normalized spacial score (nSPS) is 22.3. The Morgan fingerprint density at radius 1 is 0.923 bits per heavy atom. The molecule has 0 bridgehead atoms. The molecule has 210 valence electrons. The Morgan fingerprint density at radius 2 is 1.56 bits per heavy atom. The number of hydrogen-bond acceptors (Lipinski definition) is 14. The molecular formula is C25H27NO12S. The number of rotatable bonds is 10. The van der Waals surface area contributed by atoms with Crippen LogP contribution >= 0.6 is 11.3 Å². The maximum absolute atomic E-state index is 12.6. The van der Waals surface area contributed by atoms with Crippen LogP contribution in [0.3, 0.4) is 0 Å². The highest BCUT2D eigenvalue weighted by molar-refractivity contribution is 7.07. The van der Waals surface area contributed by atoms with Crippen molar-refractivity contribution < 1.29 is 57.5 Å². The molecule has 1 aliphatic rings. The lowest BCUT2D eigenvalue weighted by atomic mass is 9.98. The molecule has 0 amide bonds. The minimum atomic E-state index is -1.48. The van der Waals surface area contributed by atoms with E-state index in [0.29, 0.717) is 5.69 Å². The first-order chi connectivity index (χ1) is 18.4. The molecule has 1 fully saturated rings. The lowest BCUT2D eigenvalue weighted by molar-refractivity contribution is -0.288. The van der Waals surface area contributed by atoms with E-state index in [1.165, 1.54) is 23.5 Å². The van der Waals surface area contributed by atoms with Crippen molar-refractivity contribution in [3.63, 3.8) is 0 Å². The molecule has 1 N–H and O–H groups in total. The van der Waals surface area contributed by atoms with Gasteiger partial charge in [0.15, 0.2) is 18.0 Å². The van der Waals surface area contributed by atoms with Crippen molar-refractivity contribution in [3.8, 4) is 11.5 Å². The maximum atomic E-state index is 12.6. The van der Waals surface area contributed by atoms with Crippen molar-refractivity contribution in [2.45, 2.75) is 64.8 Å². The first-order valence-electron chi connectivity index (χ1n) is 11.6. The first-order valence-corrected chi connectivity index (χ1v) is 12.6. The van der Waals surface area contributed by atoms with Crippen LogP contribution in [0.4, 0.5) is 0 Å². The molecule has 5 atom stereocenters. The molecule has 0 radical (unpaired) electrons. The van der Waals surface area contributed by atoms with Crippen molar-refractivity contribution in [3.05, 3.63) is 40.3 Å². The van der Waals surface area contributed by atoms with Crippen LogP contribution in [0.25, 0.3) is 0 Å². The second-order valence-corrected chi connectivity index (χ2v) is 9.16. The number of aromatic nitrogens is 1. The first kappa shape index (κ1) is 29.5. The van der Waals surface area contributed by atoms with Crippen LogP contribution in [0.2, 0.25) is 0 Å². The van der Waals surface area contributed by atoms with Crippen LogP contribution in [0, 0.1) is 0 Å². The predicted molar refractivity (Wildman–Crippen MR) is 131 cm³/mol. The van der Waals surface area contributed by atoms with Crippen LogP contribution in [-0.2, 0) is 49.3 Å². The van der Waals surface area contributed by atoms with E-state index >= 15 is 0 Å². The molecule has 13 nitrogen and oxygen atoms in total. The SMILES string of the molecule is CC(=O)OC[C@H]1O[C@@H](Oc2ccc(C(=O)Cc3cscn3)c(O)c2)[C@@H](OC(C)=O)[C@@H](OC(C)=O)[C@H]1OC(C)=O. The van der Waals surface area contributed by atoms with E-state index in [9.17, 15) is 29.1 Å². The summed E-state index contributed by atoms with van der Waals surface area (Å²) in [5, 5.41) is 12.2. The van der Waals surface area contributed by atoms with E-state index in [-0.39, 0.29) is 23.5 Å². The number of ether oxygens (including phenoxy) is 6. The van der Waals surface area contributed by atoms with E-state index in [2.05, 4.69) is 4.98 Å². The van der Waals surface area contributed by atoms with Gasteiger partial charge < -0.3 is 33.5 Å². The van der Waals surface area contributed by atoms with Gasteiger partial charge in [-0.15, -0.1) is 11.3 Å². The minimum Gasteiger partial charge on any atom is -0.507 e. The van der Waals surface area contributed by atoms with Gasteiger partial charge in [-0.05, 0) is 12.1 Å². The Hall–Kier alpha value is -4.04. The number of aromatic hydroxyl groups is 1. The molecule has 1 saturated heterocycles. The van der Waals surface area contributed by atoms with Crippen molar-refractivity contribution in [2.24, 2.45) is 0 Å². The van der Waals surface area contributed by atoms with Crippen molar-refractivity contribution in [1.82, 2.24) is 4.98 Å². The number of carbonyl (C=O) groups excluding carboxylic acids is 5. The average Bonchev–Trinajstić information content (AvgIpc) is 3.33. The van der Waals surface area contributed by atoms with Gasteiger partial charge in [0.25, 0.3) is 0 Å². The second-order valence-electron chi connectivity index (χ2n) is 8.44. The number of phenols is 1. The van der Waals surface area contributed by atoms with Crippen molar-refractivity contribution >= 4 is 41.0 Å². The zero-order valence-electron chi connectivity index (χ0n) is 21.5. The summed E-state index contributed by atoms with van der Waals surface area (Å²) in [6, 6.07) is 3.87. The summed E-state index contributed by atoms with van der Waals surface area (Å²) < 4.78 is 32.7. The number of ketones is 1. The predicted octanol–water partition coefficient (Wildman–Crippen LogP) is 1.74. The number of phenolic OH excluding ortho intramolecular Hbond substituents is 1. The average molecular weight is 566 g/mol. The van der Waals surface area contributed by atoms with Crippen molar-refractivity contribution in [2.75, 3.05) is 6.61 Å². The monoisotopic (exact) mass is 565 g/mol. The summed E-state index contributed by atoms with van der Waals surface area (Å²) in [4.78, 5) is 63.8. The largest absolute Gasteiger partial charge is 0.507 e. The summed E-state index contributed by atoms with van der Waals surface area (Å²) >= 11 is 1.34. The van der Waals surface area contributed by atoms with Gasteiger partial charge in [0, 0.05) is 39.1 Å². The van der Waals surface area contributed by atoms with E-state index in [4.69, 9.17) is 28.4 Å². The van der Waals surface area contributed by atoms with Gasteiger partial charge in [-0.1, -0.05) is 0 Å². The van der Waals surface area contributed by atoms with Crippen LogP contribution in [0.1, 0.15) is 43.7 Å². The molecule has 39 heavy (non-hydrogen) atoms. The fourth-order valence-corrected chi connectivity index (χ4v) is 4.38. The molecule has 1 aromatic heterocycles.